The summed E-state index contributed by atoms with van der Waals surface area (Å²) in [6.45, 7) is 5.60. The first kappa shape index (κ1) is 28.4. The molecule has 1 amide bonds. The van der Waals surface area contributed by atoms with Crippen LogP contribution >= 0.6 is 0 Å². The number of sulfonamides is 1. The number of ether oxygens (including phenoxy) is 1. The Hall–Kier alpha value is -3.18. The molecule has 1 aliphatic heterocycles. The lowest BCUT2D eigenvalue weighted by Crippen LogP contribution is -2.56. The van der Waals surface area contributed by atoms with Crippen molar-refractivity contribution in [3.05, 3.63) is 71.4 Å². The van der Waals surface area contributed by atoms with Crippen molar-refractivity contribution in [1.82, 2.24) is 24.6 Å². The van der Waals surface area contributed by atoms with Crippen LogP contribution in [0.4, 0.5) is 0 Å². The van der Waals surface area contributed by atoms with Crippen LogP contribution in [0, 0.1) is 5.92 Å². The smallest absolute Gasteiger partial charge is 0.245 e. The quantitative estimate of drug-likeness (QED) is 0.367. The van der Waals surface area contributed by atoms with Gasteiger partial charge < -0.3 is 9.72 Å². The molecule has 0 radical (unpaired) electrons. The van der Waals surface area contributed by atoms with Crippen molar-refractivity contribution in [2.45, 2.75) is 38.9 Å². The summed E-state index contributed by atoms with van der Waals surface area (Å²) >= 11 is 0. The maximum Gasteiger partial charge on any atom is 0.245 e. The van der Waals surface area contributed by atoms with Crippen molar-refractivity contribution in [2.24, 2.45) is 5.92 Å². The maximum atomic E-state index is 14.3. The summed E-state index contributed by atoms with van der Waals surface area (Å²) in [6.07, 6.45) is 6.34. The number of benzene rings is 2. The van der Waals surface area contributed by atoms with Gasteiger partial charge in [-0.25, -0.2) is 18.1 Å². The second kappa shape index (κ2) is 11.4. The monoisotopic (exact) mass is 565 g/mol. The van der Waals surface area contributed by atoms with Crippen LogP contribution < -0.4 is 9.46 Å². The Bertz CT molecular complexity index is 1510. The Morgan fingerprint density at radius 2 is 1.95 bits per heavy atom. The lowest BCUT2D eigenvalue weighted by molar-refractivity contribution is -0.159. The van der Waals surface area contributed by atoms with Crippen LogP contribution in [0.15, 0.2) is 54.7 Å². The van der Waals surface area contributed by atoms with Crippen molar-refractivity contribution >= 4 is 32.4 Å². The molecule has 0 saturated heterocycles. The fourth-order valence-electron chi connectivity index (χ4n) is 6.06. The normalized spacial score (nSPS) is 19.1. The molecule has 1 aliphatic carbocycles. The van der Waals surface area contributed by atoms with Crippen molar-refractivity contribution < 1.29 is 17.9 Å². The number of hydrazine groups is 1. The van der Waals surface area contributed by atoms with Gasteiger partial charge in [-0.3, -0.25) is 14.7 Å². The fourth-order valence-corrected chi connectivity index (χ4v) is 6.52. The highest BCUT2D eigenvalue weighted by Gasteiger charge is 2.38. The van der Waals surface area contributed by atoms with Crippen LogP contribution in [0.3, 0.4) is 0 Å². The molecule has 0 saturated carbocycles. The van der Waals surface area contributed by atoms with Gasteiger partial charge >= 0.3 is 0 Å². The van der Waals surface area contributed by atoms with Gasteiger partial charge in [0, 0.05) is 55.4 Å². The molecule has 40 heavy (non-hydrogen) atoms. The topological polar surface area (TPSA) is 98.0 Å². The van der Waals surface area contributed by atoms with Crippen molar-refractivity contribution in [3.63, 3.8) is 0 Å². The molecule has 10 heteroatoms. The molecule has 3 aromatic rings. The number of carbonyl (C=O) groups is 1. The van der Waals surface area contributed by atoms with Crippen LogP contribution in [0.25, 0.3) is 16.5 Å². The van der Waals surface area contributed by atoms with Gasteiger partial charge in [0.15, 0.2) is 0 Å². The third-order valence-electron chi connectivity index (χ3n) is 7.86. The molecule has 2 N–H and O–H groups in total. The Labute approximate surface area is 236 Å². The van der Waals surface area contributed by atoms with Gasteiger partial charge in [0.25, 0.3) is 0 Å². The molecule has 5 rings (SSSR count). The summed E-state index contributed by atoms with van der Waals surface area (Å²) in [5.41, 5.74) is 5.83. The summed E-state index contributed by atoms with van der Waals surface area (Å²) in [6, 6.07) is 14.1. The summed E-state index contributed by atoms with van der Waals surface area (Å²) < 4.78 is 31.5. The molecule has 2 heterocycles. The molecular weight excluding hydrogens is 526 g/mol. The van der Waals surface area contributed by atoms with Gasteiger partial charge in [-0.1, -0.05) is 30.3 Å². The van der Waals surface area contributed by atoms with Crippen LogP contribution in [0.1, 0.15) is 30.5 Å². The highest BCUT2D eigenvalue weighted by molar-refractivity contribution is 7.88. The minimum absolute atomic E-state index is 0.00714. The van der Waals surface area contributed by atoms with Crippen LogP contribution in [0.5, 0.6) is 5.75 Å². The number of nitrogens with zero attached hydrogens (tertiary/aromatic N) is 3. The molecule has 0 fully saturated rings. The van der Waals surface area contributed by atoms with Crippen molar-refractivity contribution in [1.29, 1.82) is 0 Å². The highest BCUT2D eigenvalue weighted by Crippen LogP contribution is 2.41. The van der Waals surface area contributed by atoms with Crippen molar-refractivity contribution in [2.75, 3.05) is 40.0 Å². The van der Waals surface area contributed by atoms with Gasteiger partial charge in [-0.15, -0.1) is 0 Å². The number of methoxy groups -OCH3 is 1. The number of hydrogen-bond acceptors (Lipinski definition) is 6. The zero-order valence-electron chi connectivity index (χ0n) is 23.8. The first-order valence-electron chi connectivity index (χ1n) is 13.7. The van der Waals surface area contributed by atoms with E-state index < -0.39 is 10.0 Å². The second-order valence-corrected chi connectivity index (χ2v) is 12.9. The van der Waals surface area contributed by atoms with Gasteiger partial charge in [-0.05, 0) is 67.8 Å². The number of nitrogens with one attached hydrogen (secondary N) is 2. The predicted molar refractivity (Wildman–Crippen MR) is 158 cm³/mol. The Morgan fingerprint density at radius 3 is 2.62 bits per heavy atom. The summed E-state index contributed by atoms with van der Waals surface area (Å²) in [4.78, 5) is 20.0. The summed E-state index contributed by atoms with van der Waals surface area (Å²) in [7, 11) is 0.361. The molecule has 2 atom stereocenters. The number of amides is 1. The standard InChI is InChI=1S/C30H39N5O4S/c1-20(2)35(34(14-13-32-40(5,37)38)18-21-9-11-24(39-4)12-10-21)30(36)23-15-26-25-7-6-8-27-29(25)22(17-31-27)16-28(26)33(3)19-23/h6-12,15,17,20,23,28,31-32H,13-14,16,18-19H2,1-5H3/t23-,28-/m1/s1. The van der Waals surface area contributed by atoms with E-state index in [0.717, 1.165) is 29.5 Å². The van der Waals surface area contributed by atoms with Gasteiger partial charge in [-0.2, -0.15) is 0 Å². The molecule has 0 unspecified atom stereocenters. The third kappa shape index (κ3) is 5.81. The summed E-state index contributed by atoms with van der Waals surface area (Å²) in [5.74, 6) is 0.425. The van der Waals surface area contributed by atoms with E-state index in [1.165, 1.54) is 22.1 Å². The van der Waals surface area contributed by atoms with Gasteiger partial charge in [0.05, 0.1) is 19.3 Å². The number of fused-ring (bicyclic) bond motifs is 2. The van der Waals surface area contributed by atoms with Crippen LogP contribution in [0.2, 0.25) is 0 Å². The fraction of sp³-hybridized carbons (Fsp3) is 0.433. The predicted octanol–water partition coefficient (Wildman–Crippen LogP) is 3.25. The Balaban J connectivity index is 1.47. The number of H-pyrrole nitrogens is 1. The van der Waals surface area contributed by atoms with E-state index in [-0.39, 0.29) is 30.5 Å². The number of carbonyl (C=O) groups excluding carboxylic acids is 1. The average molecular weight is 566 g/mol. The van der Waals surface area contributed by atoms with E-state index in [2.05, 4.69) is 52.1 Å². The first-order chi connectivity index (χ1) is 19.1. The molecule has 1 aromatic heterocycles. The minimum atomic E-state index is -3.36. The molecule has 214 valence electrons. The lowest BCUT2D eigenvalue weighted by Gasteiger charge is -2.43. The molecule has 9 nitrogen and oxygen atoms in total. The third-order valence-corrected chi connectivity index (χ3v) is 8.59. The number of likely N-dealkylation sites (N-methyl/N-ethyl adjacent to an activating group) is 1. The highest BCUT2D eigenvalue weighted by atomic mass is 32.2. The average Bonchev–Trinajstić information content (AvgIpc) is 3.33. The van der Waals surface area contributed by atoms with Crippen LogP contribution in [-0.4, -0.2) is 86.4 Å². The molecular formula is C30H39N5O4S. The van der Waals surface area contributed by atoms with Crippen molar-refractivity contribution in [3.8, 4) is 5.75 Å². The van der Waals surface area contributed by atoms with E-state index >= 15 is 0 Å². The Kier molecular flexibility index (Phi) is 8.05. The SMILES string of the molecule is COc1ccc(CN(CCNS(C)(=O)=O)N(C(=O)[C@@H]2C=C3c4cccc5[nH]cc(c45)C[C@H]3N(C)C2)C(C)C)cc1. The van der Waals surface area contributed by atoms with E-state index in [0.29, 0.717) is 19.6 Å². The van der Waals surface area contributed by atoms with E-state index in [4.69, 9.17) is 4.74 Å². The number of rotatable bonds is 10. The Morgan fingerprint density at radius 1 is 1.20 bits per heavy atom. The zero-order valence-corrected chi connectivity index (χ0v) is 24.7. The maximum absolute atomic E-state index is 14.3. The van der Waals surface area contributed by atoms with E-state index in [1.54, 1.807) is 7.11 Å². The summed E-state index contributed by atoms with van der Waals surface area (Å²) in [5, 5.41) is 5.03. The molecule has 2 aliphatic rings. The molecule has 0 spiro atoms. The number of aromatic nitrogens is 1. The largest absolute Gasteiger partial charge is 0.497 e. The lowest BCUT2D eigenvalue weighted by atomic mass is 9.79. The first-order valence-corrected chi connectivity index (χ1v) is 15.6. The van der Waals surface area contributed by atoms with Crippen LogP contribution in [-0.2, 0) is 27.8 Å². The van der Waals surface area contributed by atoms with Gasteiger partial charge in [0.1, 0.15) is 5.75 Å². The van der Waals surface area contributed by atoms with E-state index in [9.17, 15) is 13.2 Å². The zero-order chi connectivity index (χ0) is 28.6. The second-order valence-electron chi connectivity index (χ2n) is 11.1. The van der Waals surface area contributed by atoms with E-state index in [1.807, 2.05) is 48.1 Å². The number of hydrogen-bond donors (Lipinski definition) is 2. The molecule has 2 aromatic carbocycles. The van der Waals surface area contributed by atoms with Gasteiger partial charge in [0.2, 0.25) is 15.9 Å². The number of aromatic amines is 1. The molecule has 0 bridgehead atoms. The minimum Gasteiger partial charge on any atom is -0.497 e.